The molecule has 4 heteroatoms. The van der Waals surface area contributed by atoms with Gasteiger partial charge >= 0.3 is 6.61 Å². The smallest absolute Gasteiger partial charge is 0.387 e. The first-order chi connectivity index (χ1) is 5.18. The van der Waals surface area contributed by atoms with Crippen LogP contribution in [0.25, 0.3) is 0 Å². The van der Waals surface area contributed by atoms with Gasteiger partial charge in [-0.05, 0) is 18.2 Å². The monoisotopic (exact) mass is 221 g/mol. The Hall–Kier alpha value is -0.640. The maximum atomic E-state index is 11.6. The number of hydrogen-bond donors (Lipinski definition) is 0. The molecular weight excluding hydrogens is 218 g/mol. The number of benzene rings is 1. The first kappa shape index (κ1) is 8.46. The van der Waals surface area contributed by atoms with Gasteiger partial charge in [0.25, 0.3) is 0 Å². The lowest BCUT2D eigenvalue weighted by molar-refractivity contribution is -0.0500. The molecule has 0 unspecified atom stereocenters. The first-order valence-corrected chi connectivity index (χ1v) is 3.60. The molecule has 0 fully saturated rings. The molecule has 1 nitrogen and oxygen atoms in total. The maximum absolute atomic E-state index is 11.6. The van der Waals surface area contributed by atoms with Crippen LogP contribution in [-0.4, -0.2) is 6.61 Å². The second kappa shape index (κ2) is 3.67. The molecule has 59 valence electrons. The van der Waals surface area contributed by atoms with Crippen molar-refractivity contribution in [2.24, 2.45) is 0 Å². The maximum Gasteiger partial charge on any atom is 0.387 e. The number of halogens is 3. The van der Waals surface area contributed by atoms with Gasteiger partial charge in [0.15, 0.2) is 0 Å². The van der Waals surface area contributed by atoms with Crippen LogP contribution in [0.5, 0.6) is 5.75 Å². The lowest BCUT2D eigenvalue weighted by Crippen LogP contribution is -2.01. The number of rotatable bonds is 2. The zero-order valence-electron chi connectivity index (χ0n) is 5.35. The largest absolute Gasteiger partial charge is 0.434 e. The van der Waals surface area contributed by atoms with E-state index in [2.05, 4.69) is 26.7 Å². The first-order valence-electron chi connectivity index (χ1n) is 2.80. The number of alkyl halides is 2. The van der Waals surface area contributed by atoms with E-state index >= 15 is 0 Å². The van der Waals surface area contributed by atoms with E-state index in [4.69, 9.17) is 0 Å². The van der Waals surface area contributed by atoms with Crippen LogP contribution in [-0.2, 0) is 0 Å². The van der Waals surface area contributed by atoms with Gasteiger partial charge in [-0.15, -0.1) is 0 Å². The molecule has 0 aliphatic heterocycles. The molecule has 0 heterocycles. The Morgan fingerprint density at radius 2 is 2.27 bits per heavy atom. The van der Waals surface area contributed by atoms with Crippen LogP contribution < -0.4 is 4.74 Å². The highest BCUT2D eigenvalue weighted by Gasteiger charge is 2.03. The Morgan fingerprint density at radius 1 is 1.55 bits per heavy atom. The van der Waals surface area contributed by atoms with Crippen molar-refractivity contribution in [3.63, 3.8) is 0 Å². The van der Waals surface area contributed by atoms with Gasteiger partial charge < -0.3 is 4.74 Å². The molecule has 0 saturated carbocycles. The predicted molar refractivity (Wildman–Crippen MR) is 39.6 cm³/mol. The topological polar surface area (TPSA) is 9.23 Å². The van der Waals surface area contributed by atoms with E-state index in [1.54, 1.807) is 6.07 Å². The lowest BCUT2D eigenvalue weighted by Gasteiger charge is -2.02. The van der Waals surface area contributed by atoms with Crippen LogP contribution in [0.4, 0.5) is 8.78 Å². The van der Waals surface area contributed by atoms with E-state index in [0.29, 0.717) is 4.47 Å². The third-order valence-corrected chi connectivity index (χ3v) is 1.45. The van der Waals surface area contributed by atoms with Crippen molar-refractivity contribution in [3.8, 4) is 5.75 Å². The quantitative estimate of drug-likeness (QED) is 0.747. The lowest BCUT2D eigenvalue weighted by atomic mass is 10.3. The average molecular weight is 222 g/mol. The van der Waals surface area contributed by atoms with Gasteiger partial charge in [0.05, 0.1) is 0 Å². The molecule has 0 spiro atoms. The summed E-state index contributed by atoms with van der Waals surface area (Å²) in [5.41, 5.74) is 0. The van der Waals surface area contributed by atoms with Gasteiger partial charge in [-0.2, -0.15) is 8.78 Å². The summed E-state index contributed by atoms with van der Waals surface area (Å²) < 4.78 is 28.0. The highest BCUT2D eigenvalue weighted by Crippen LogP contribution is 2.18. The van der Waals surface area contributed by atoms with Crippen LogP contribution in [0, 0.1) is 6.07 Å². The van der Waals surface area contributed by atoms with Gasteiger partial charge in [0, 0.05) is 10.5 Å². The van der Waals surface area contributed by atoms with Crippen molar-refractivity contribution in [1.29, 1.82) is 0 Å². The third-order valence-electron chi connectivity index (χ3n) is 0.953. The highest BCUT2D eigenvalue weighted by atomic mass is 79.9. The number of ether oxygens (including phenoxy) is 1. The Balaban J connectivity index is 2.71. The molecule has 0 atom stereocenters. The van der Waals surface area contributed by atoms with E-state index in [0.717, 1.165) is 0 Å². The fourth-order valence-corrected chi connectivity index (χ4v) is 0.923. The van der Waals surface area contributed by atoms with Crippen molar-refractivity contribution >= 4 is 15.9 Å². The minimum atomic E-state index is -2.79. The second-order valence-corrected chi connectivity index (χ2v) is 2.67. The average Bonchev–Trinajstić information content (AvgIpc) is 1.85. The Kier molecular flexibility index (Phi) is 2.82. The molecule has 11 heavy (non-hydrogen) atoms. The summed E-state index contributed by atoms with van der Waals surface area (Å²) >= 11 is 3.11. The molecule has 1 aromatic rings. The van der Waals surface area contributed by atoms with Gasteiger partial charge in [0.1, 0.15) is 5.75 Å². The zero-order chi connectivity index (χ0) is 8.27. The SMILES string of the molecule is FC(F)Oc1[c]ccc(Br)c1. The Morgan fingerprint density at radius 3 is 2.82 bits per heavy atom. The fourth-order valence-electron chi connectivity index (χ4n) is 0.582. The van der Waals surface area contributed by atoms with E-state index < -0.39 is 6.61 Å². The molecule has 0 bridgehead atoms. The number of hydrogen-bond acceptors (Lipinski definition) is 1. The summed E-state index contributed by atoms with van der Waals surface area (Å²) in [6, 6.07) is 7.11. The van der Waals surface area contributed by atoms with Gasteiger partial charge in [-0.25, -0.2) is 0 Å². The standard InChI is InChI=1S/C7H4BrF2O/c8-5-2-1-3-6(4-5)11-7(9)10/h1-2,4,7H. The van der Waals surface area contributed by atoms with Crippen LogP contribution in [0.2, 0.25) is 0 Å². The van der Waals surface area contributed by atoms with Crippen molar-refractivity contribution in [2.75, 3.05) is 0 Å². The van der Waals surface area contributed by atoms with Gasteiger partial charge in [0.2, 0.25) is 0 Å². The van der Waals surface area contributed by atoms with Crippen molar-refractivity contribution in [2.45, 2.75) is 6.61 Å². The summed E-state index contributed by atoms with van der Waals surface area (Å²) in [6.45, 7) is -2.79. The minimum absolute atomic E-state index is 0.0365. The summed E-state index contributed by atoms with van der Waals surface area (Å²) in [5, 5.41) is 0. The molecule has 1 aromatic carbocycles. The molecule has 0 aliphatic rings. The summed E-state index contributed by atoms with van der Waals surface area (Å²) in [6.07, 6.45) is 0. The molecule has 1 rings (SSSR count). The van der Waals surface area contributed by atoms with Gasteiger partial charge in [-0.1, -0.05) is 15.9 Å². The van der Waals surface area contributed by atoms with Gasteiger partial charge in [-0.3, -0.25) is 0 Å². The van der Waals surface area contributed by atoms with E-state index in [1.807, 2.05) is 0 Å². The second-order valence-electron chi connectivity index (χ2n) is 1.75. The summed E-state index contributed by atoms with van der Waals surface area (Å²) in [5.74, 6) is 0.0365. The Bertz CT molecular complexity index is 240. The Labute approximate surface area is 71.1 Å². The van der Waals surface area contributed by atoms with E-state index in [1.165, 1.54) is 12.1 Å². The van der Waals surface area contributed by atoms with Crippen LogP contribution in [0.1, 0.15) is 0 Å². The van der Waals surface area contributed by atoms with Crippen molar-refractivity contribution < 1.29 is 13.5 Å². The fraction of sp³-hybridized carbons (Fsp3) is 0.143. The predicted octanol–water partition coefficient (Wildman–Crippen LogP) is 2.85. The molecule has 0 amide bonds. The molecule has 1 radical (unpaired) electrons. The molecule has 0 aliphatic carbocycles. The summed E-state index contributed by atoms with van der Waals surface area (Å²) in [4.78, 5) is 0. The highest BCUT2D eigenvalue weighted by molar-refractivity contribution is 9.10. The minimum Gasteiger partial charge on any atom is -0.434 e. The summed E-state index contributed by atoms with van der Waals surface area (Å²) in [7, 11) is 0. The van der Waals surface area contributed by atoms with E-state index in [-0.39, 0.29) is 5.75 Å². The normalized spacial score (nSPS) is 10.2. The van der Waals surface area contributed by atoms with Crippen LogP contribution in [0.3, 0.4) is 0 Å². The molecule has 0 saturated heterocycles. The van der Waals surface area contributed by atoms with Crippen molar-refractivity contribution in [1.82, 2.24) is 0 Å². The molecular formula is C7H4BrF2O. The van der Waals surface area contributed by atoms with Crippen LogP contribution >= 0.6 is 15.9 Å². The van der Waals surface area contributed by atoms with Crippen molar-refractivity contribution in [3.05, 3.63) is 28.7 Å². The third kappa shape index (κ3) is 2.84. The van der Waals surface area contributed by atoms with Crippen LogP contribution in [0.15, 0.2) is 22.7 Å². The molecule has 0 N–H and O–H groups in total. The van der Waals surface area contributed by atoms with E-state index in [9.17, 15) is 8.78 Å². The molecule has 0 aromatic heterocycles. The zero-order valence-corrected chi connectivity index (χ0v) is 6.94.